The number of thioether (sulfide) groups is 1. The van der Waals surface area contributed by atoms with Crippen molar-refractivity contribution < 1.29 is 23.8 Å². The number of carbonyl (C=O) groups is 2. The third kappa shape index (κ3) is 5.46. The van der Waals surface area contributed by atoms with Crippen LogP contribution in [0.3, 0.4) is 0 Å². The molecule has 0 spiro atoms. The highest BCUT2D eigenvalue weighted by Gasteiger charge is 2.44. The zero-order chi connectivity index (χ0) is 25.7. The molecule has 3 aliphatic rings. The molecule has 2 amide bonds. The second-order valence-electron chi connectivity index (χ2n) is 9.18. The summed E-state index contributed by atoms with van der Waals surface area (Å²) in [5.41, 5.74) is 1.43. The highest BCUT2D eigenvalue weighted by Crippen LogP contribution is 2.33. The molecule has 0 radical (unpaired) electrons. The van der Waals surface area contributed by atoms with Crippen LogP contribution >= 0.6 is 11.8 Å². The quantitative estimate of drug-likeness (QED) is 0.530. The molecule has 0 N–H and O–H groups in total. The number of hydrogen-bond donors (Lipinski definition) is 0. The topological polar surface area (TPSA) is 92.1 Å². The Labute approximate surface area is 216 Å². The molecule has 2 heterocycles. The van der Waals surface area contributed by atoms with E-state index in [1.807, 2.05) is 36.6 Å². The second-order valence-corrected chi connectivity index (χ2v) is 10.3. The number of nitrogens with zero attached hydrogens (tertiary/aromatic N) is 3. The summed E-state index contributed by atoms with van der Waals surface area (Å²) in [6.07, 6.45) is 6.46. The molecule has 0 aromatic heterocycles. The van der Waals surface area contributed by atoms with E-state index >= 15 is 0 Å². The number of benzene rings is 1. The lowest BCUT2D eigenvalue weighted by Gasteiger charge is -2.32. The Morgan fingerprint density at radius 3 is 2.64 bits per heavy atom. The molecule has 1 aromatic carbocycles. The van der Waals surface area contributed by atoms with E-state index in [9.17, 15) is 14.9 Å². The fraction of sp³-hybridized carbons (Fsp3) is 0.519. The van der Waals surface area contributed by atoms with Gasteiger partial charge in [-0.25, -0.2) is 0 Å². The predicted molar refractivity (Wildman–Crippen MR) is 137 cm³/mol. The minimum atomic E-state index is -0.586. The zero-order valence-corrected chi connectivity index (χ0v) is 21.8. The van der Waals surface area contributed by atoms with Gasteiger partial charge in [-0.3, -0.25) is 9.59 Å². The number of methoxy groups -OCH3 is 2. The Kier molecular flexibility index (Phi) is 8.72. The molecule has 36 heavy (non-hydrogen) atoms. The fourth-order valence-electron chi connectivity index (χ4n) is 5.10. The smallest absolute Gasteiger partial charge is 0.254 e. The molecule has 8 nitrogen and oxygen atoms in total. The van der Waals surface area contributed by atoms with Crippen molar-refractivity contribution in [3.63, 3.8) is 0 Å². The van der Waals surface area contributed by atoms with Crippen LogP contribution in [0.25, 0.3) is 0 Å². The van der Waals surface area contributed by atoms with E-state index in [-0.39, 0.29) is 17.1 Å². The summed E-state index contributed by atoms with van der Waals surface area (Å²) < 4.78 is 17.4. The van der Waals surface area contributed by atoms with Crippen LogP contribution in [0.15, 0.2) is 53.8 Å². The first-order chi connectivity index (χ1) is 17.5. The number of carbonyl (C=O) groups excluding carboxylic acids is 2. The molecule has 192 valence electrons. The average molecular weight is 512 g/mol. The number of amides is 2. The standard InChI is InChI=1S/C27H33N3O5S/c1-33-23-12-19(13-24(34-2)25(23)35-17-18-8-5-4-6-9-18)26(31)30-16-21(36-3)14-22(30)27(32)29-11-7-10-20(29)15-28/h4-6,8-9,12-13,20-23,25H,7,10-11,14,16-17H2,1-3H3. The van der Waals surface area contributed by atoms with E-state index in [4.69, 9.17) is 14.2 Å². The summed E-state index contributed by atoms with van der Waals surface area (Å²) >= 11 is 1.65. The van der Waals surface area contributed by atoms with E-state index in [1.54, 1.807) is 47.9 Å². The van der Waals surface area contributed by atoms with Crippen LogP contribution in [0.1, 0.15) is 24.8 Å². The van der Waals surface area contributed by atoms with Gasteiger partial charge in [0.25, 0.3) is 5.91 Å². The Bertz CT molecular complexity index is 1050. The third-order valence-corrected chi connectivity index (χ3v) is 8.08. The summed E-state index contributed by atoms with van der Waals surface area (Å²) in [7, 11) is 3.12. The minimum absolute atomic E-state index is 0.135. The summed E-state index contributed by atoms with van der Waals surface area (Å²) in [6, 6.07) is 11.0. The van der Waals surface area contributed by atoms with Crippen LogP contribution in [0.2, 0.25) is 0 Å². The fourth-order valence-corrected chi connectivity index (χ4v) is 5.78. The lowest BCUT2D eigenvalue weighted by Crippen LogP contribution is -2.49. The van der Waals surface area contributed by atoms with Gasteiger partial charge in [-0.1, -0.05) is 30.3 Å². The maximum Gasteiger partial charge on any atom is 0.254 e. The van der Waals surface area contributed by atoms with Crippen molar-refractivity contribution in [1.82, 2.24) is 9.80 Å². The molecule has 5 unspecified atom stereocenters. The van der Waals surface area contributed by atoms with Crippen molar-refractivity contribution in [1.29, 1.82) is 5.26 Å². The van der Waals surface area contributed by atoms with Gasteiger partial charge in [0.05, 0.1) is 19.8 Å². The second kappa shape index (κ2) is 12.0. The SMILES string of the molecule is COC1=CC(C(=O)N2CC(SC)CC2C(=O)N2CCCC2C#N)=CC(OC)C1OCc1ccccc1. The molecule has 0 bridgehead atoms. The van der Waals surface area contributed by atoms with Crippen LogP contribution in [0, 0.1) is 11.3 Å². The van der Waals surface area contributed by atoms with Crippen molar-refractivity contribution in [3.05, 3.63) is 59.4 Å². The summed E-state index contributed by atoms with van der Waals surface area (Å²) in [6.45, 7) is 1.40. The number of rotatable bonds is 8. The molecule has 5 atom stereocenters. The molecule has 9 heteroatoms. The van der Waals surface area contributed by atoms with Crippen LogP contribution in [0.5, 0.6) is 0 Å². The average Bonchev–Trinajstić information content (AvgIpc) is 3.58. The lowest BCUT2D eigenvalue weighted by molar-refractivity contribution is -0.142. The monoisotopic (exact) mass is 511 g/mol. The van der Waals surface area contributed by atoms with E-state index in [1.165, 1.54) is 0 Å². The highest BCUT2D eigenvalue weighted by atomic mass is 32.2. The van der Waals surface area contributed by atoms with Gasteiger partial charge in [0.2, 0.25) is 5.91 Å². The number of ether oxygens (including phenoxy) is 3. The van der Waals surface area contributed by atoms with Crippen molar-refractivity contribution in [2.24, 2.45) is 0 Å². The van der Waals surface area contributed by atoms with Gasteiger partial charge in [0.1, 0.15) is 30.1 Å². The Morgan fingerprint density at radius 1 is 1.19 bits per heavy atom. The van der Waals surface area contributed by atoms with E-state index in [0.717, 1.165) is 12.0 Å². The number of hydrogen-bond acceptors (Lipinski definition) is 7. The van der Waals surface area contributed by atoms with Gasteiger partial charge in [-0.05, 0) is 43.2 Å². The van der Waals surface area contributed by atoms with Gasteiger partial charge in [0.15, 0.2) is 0 Å². The highest BCUT2D eigenvalue weighted by molar-refractivity contribution is 7.99. The molecule has 2 aliphatic heterocycles. The molecule has 1 aliphatic carbocycles. The van der Waals surface area contributed by atoms with Crippen molar-refractivity contribution in [3.8, 4) is 6.07 Å². The maximum absolute atomic E-state index is 13.8. The molecule has 4 rings (SSSR count). The van der Waals surface area contributed by atoms with Crippen LogP contribution in [-0.2, 0) is 30.4 Å². The Balaban J connectivity index is 1.54. The van der Waals surface area contributed by atoms with E-state index in [2.05, 4.69) is 6.07 Å². The molecular formula is C27H33N3O5S. The van der Waals surface area contributed by atoms with Gasteiger partial charge in [-0.2, -0.15) is 17.0 Å². The van der Waals surface area contributed by atoms with Crippen molar-refractivity contribution >= 4 is 23.6 Å². The Hall–Kier alpha value is -2.80. The lowest BCUT2D eigenvalue weighted by atomic mass is 9.98. The van der Waals surface area contributed by atoms with Gasteiger partial charge < -0.3 is 24.0 Å². The maximum atomic E-state index is 13.8. The third-order valence-electron chi connectivity index (χ3n) is 7.07. The zero-order valence-electron chi connectivity index (χ0n) is 21.0. The van der Waals surface area contributed by atoms with E-state index in [0.29, 0.717) is 43.9 Å². The molecule has 2 saturated heterocycles. The number of nitriles is 1. The van der Waals surface area contributed by atoms with Gasteiger partial charge in [0, 0.05) is 31.0 Å². The van der Waals surface area contributed by atoms with E-state index < -0.39 is 24.3 Å². The summed E-state index contributed by atoms with van der Waals surface area (Å²) in [5, 5.41) is 9.63. The molecular weight excluding hydrogens is 478 g/mol. The molecule has 0 saturated carbocycles. The first-order valence-electron chi connectivity index (χ1n) is 12.2. The van der Waals surface area contributed by atoms with Gasteiger partial charge >= 0.3 is 0 Å². The predicted octanol–water partition coefficient (Wildman–Crippen LogP) is 2.90. The number of likely N-dealkylation sites (tertiary alicyclic amines) is 2. The summed E-state index contributed by atoms with van der Waals surface area (Å²) in [5.74, 6) is 0.121. The normalized spacial score (nSPS) is 27.9. The van der Waals surface area contributed by atoms with Crippen LogP contribution < -0.4 is 0 Å². The van der Waals surface area contributed by atoms with Gasteiger partial charge in [-0.15, -0.1) is 0 Å². The first-order valence-corrected chi connectivity index (χ1v) is 13.5. The Morgan fingerprint density at radius 2 is 1.97 bits per heavy atom. The summed E-state index contributed by atoms with van der Waals surface area (Å²) in [4.78, 5) is 30.5. The minimum Gasteiger partial charge on any atom is -0.498 e. The molecule has 2 fully saturated rings. The van der Waals surface area contributed by atoms with Crippen LogP contribution in [-0.4, -0.2) is 84.7 Å². The molecule has 1 aromatic rings. The van der Waals surface area contributed by atoms with Crippen molar-refractivity contribution in [2.45, 2.75) is 55.4 Å². The van der Waals surface area contributed by atoms with Crippen molar-refractivity contribution in [2.75, 3.05) is 33.6 Å². The first kappa shape index (κ1) is 26.3. The van der Waals surface area contributed by atoms with Crippen LogP contribution in [0.4, 0.5) is 0 Å². The largest absolute Gasteiger partial charge is 0.498 e.